The third-order valence-electron chi connectivity index (χ3n) is 15.5. The van der Waals surface area contributed by atoms with E-state index in [0.717, 1.165) is 43.9 Å². The molecule has 3 heteroatoms. The Bertz CT molecular complexity index is 1190. The Morgan fingerprint density at radius 2 is 1.72 bits per heavy atom. The Labute approximate surface area is 263 Å². The van der Waals surface area contributed by atoms with Crippen molar-refractivity contribution < 1.29 is 9.53 Å². The standard InChI is InChI=1S/C40H63NO2/c1-9-10-25-43-35(42)28-13-11-27(12-14-28)30-18-20-37(6)32(36(30,4)5)19-21-39(8)33(37)16-15-31-34-29(26(2)3)17-22-40(34,41)24-23-38(31,39)7/h11,18,28-29,31-34H,2,9-10,12-17,19-25,41H2,1,3-8H3/t28-,29-,31+,32-,33+,34+,37-,38+,39+,40-/m0/s1. The first-order valence-corrected chi connectivity index (χ1v) is 18.2. The first kappa shape index (κ1) is 31.6. The Balaban J connectivity index is 1.25. The minimum Gasteiger partial charge on any atom is -0.465 e. The first-order valence-electron chi connectivity index (χ1n) is 18.2. The van der Waals surface area contributed by atoms with Crippen molar-refractivity contribution in [2.45, 2.75) is 144 Å². The maximum absolute atomic E-state index is 12.7. The molecule has 0 bridgehead atoms. The van der Waals surface area contributed by atoms with Crippen LogP contribution in [0.3, 0.4) is 0 Å². The molecule has 0 saturated heterocycles. The van der Waals surface area contributed by atoms with Gasteiger partial charge in [0.2, 0.25) is 0 Å². The third-order valence-corrected chi connectivity index (χ3v) is 15.5. The van der Waals surface area contributed by atoms with Gasteiger partial charge in [0, 0.05) is 5.54 Å². The van der Waals surface area contributed by atoms with Gasteiger partial charge in [0.25, 0.3) is 0 Å². The van der Waals surface area contributed by atoms with Gasteiger partial charge in [-0.2, -0.15) is 0 Å². The van der Waals surface area contributed by atoms with E-state index >= 15 is 0 Å². The molecule has 0 aromatic heterocycles. The van der Waals surface area contributed by atoms with Crippen LogP contribution in [0.2, 0.25) is 0 Å². The summed E-state index contributed by atoms with van der Waals surface area (Å²) < 4.78 is 5.58. The van der Waals surface area contributed by atoms with Crippen LogP contribution in [-0.4, -0.2) is 18.1 Å². The zero-order valence-electron chi connectivity index (χ0n) is 28.8. The summed E-state index contributed by atoms with van der Waals surface area (Å²) in [5.41, 5.74) is 13.0. The molecule has 6 aliphatic rings. The van der Waals surface area contributed by atoms with E-state index in [2.05, 4.69) is 67.2 Å². The van der Waals surface area contributed by atoms with Crippen molar-refractivity contribution >= 4 is 5.97 Å². The highest BCUT2D eigenvalue weighted by Gasteiger charge is 2.70. The molecule has 0 unspecified atom stereocenters. The van der Waals surface area contributed by atoms with Gasteiger partial charge in [-0.1, -0.05) is 72.3 Å². The van der Waals surface area contributed by atoms with Crippen molar-refractivity contribution in [2.75, 3.05) is 6.61 Å². The molecule has 10 atom stereocenters. The molecule has 43 heavy (non-hydrogen) atoms. The van der Waals surface area contributed by atoms with E-state index in [9.17, 15) is 4.79 Å². The maximum atomic E-state index is 12.7. The Kier molecular flexibility index (Phi) is 8.00. The van der Waals surface area contributed by atoms with Crippen molar-refractivity contribution in [1.29, 1.82) is 0 Å². The van der Waals surface area contributed by atoms with Crippen LogP contribution in [0.4, 0.5) is 0 Å². The second-order valence-electron chi connectivity index (χ2n) is 17.7. The van der Waals surface area contributed by atoms with Crippen LogP contribution in [0.5, 0.6) is 0 Å². The van der Waals surface area contributed by atoms with Crippen LogP contribution in [0.25, 0.3) is 0 Å². The van der Waals surface area contributed by atoms with Crippen molar-refractivity contribution in [2.24, 2.45) is 62.9 Å². The van der Waals surface area contributed by atoms with Gasteiger partial charge in [0.15, 0.2) is 0 Å². The van der Waals surface area contributed by atoms with Crippen molar-refractivity contribution in [3.05, 3.63) is 35.5 Å². The minimum atomic E-state index is 0.0191. The highest BCUT2D eigenvalue weighted by atomic mass is 16.5. The predicted octanol–water partition coefficient (Wildman–Crippen LogP) is 9.96. The molecule has 0 amide bonds. The monoisotopic (exact) mass is 589 g/mol. The van der Waals surface area contributed by atoms with E-state index in [1.54, 1.807) is 5.57 Å². The second-order valence-corrected chi connectivity index (χ2v) is 17.7. The van der Waals surface area contributed by atoms with E-state index in [0.29, 0.717) is 40.6 Å². The van der Waals surface area contributed by atoms with Gasteiger partial charge in [-0.3, -0.25) is 4.79 Å². The molecule has 6 rings (SSSR count). The fraction of sp³-hybridized carbons (Fsp3) is 0.825. The molecule has 4 fully saturated rings. The highest BCUT2D eigenvalue weighted by molar-refractivity contribution is 5.73. The van der Waals surface area contributed by atoms with Crippen molar-refractivity contribution in [1.82, 2.24) is 0 Å². The minimum absolute atomic E-state index is 0.0191. The molecule has 0 aromatic carbocycles. The highest BCUT2D eigenvalue weighted by Crippen LogP contribution is 2.76. The number of allylic oxidation sites excluding steroid dienone is 5. The number of unbranched alkanes of at least 4 members (excludes halogenated alkanes) is 1. The van der Waals surface area contributed by atoms with Gasteiger partial charge in [0.1, 0.15) is 0 Å². The molecule has 0 spiro atoms. The Morgan fingerprint density at radius 3 is 2.40 bits per heavy atom. The van der Waals surface area contributed by atoms with Gasteiger partial charge in [-0.25, -0.2) is 0 Å². The molecule has 6 aliphatic carbocycles. The zero-order chi connectivity index (χ0) is 31.0. The van der Waals surface area contributed by atoms with Gasteiger partial charge in [0.05, 0.1) is 12.5 Å². The molecule has 0 heterocycles. The van der Waals surface area contributed by atoms with E-state index < -0.39 is 0 Å². The number of nitrogens with two attached hydrogens (primary N) is 1. The number of carbonyl (C=O) groups excluding carboxylic acids is 1. The van der Waals surface area contributed by atoms with Crippen LogP contribution < -0.4 is 5.73 Å². The summed E-state index contributed by atoms with van der Waals surface area (Å²) in [6.45, 7) is 22.7. The van der Waals surface area contributed by atoms with Gasteiger partial charge < -0.3 is 10.5 Å². The molecule has 0 aromatic rings. The number of fused-ring (bicyclic) bond motifs is 7. The van der Waals surface area contributed by atoms with E-state index in [-0.39, 0.29) is 22.8 Å². The van der Waals surface area contributed by atoms with E-state index in [1.807, 2.05) is 0 Å². The molecule has 4 saturated carbocycles. The quantitative estimate of drug-likeness (QED) is 0.191. The number of ether oxygens (including phenoxy) is 1. The first-order chi connectivity index (χ1) is 20.2. The van der Waals surface area contributed by atoms with Gasteiger partial charge in [-0.15, -0.1) is 0 Å². The smallest absolute Gasteiger partial charge is 0.309 e. The molecule has 3 nitrogen and oxygen atoms in total. The summed E-state index contributed by atoms with van der Waals surface area (Å²) in [6, 6.07) is 0. The van der Waals surface area contributed by atoms with Crippen LogP contribution in [0, 0.1) is 57.2 Å². The maximum Gasteiger partial charge on any atom is 0.309 e. The number of esters is 1. The average molecular weight is 590 g/mol. The number of hydrogen-bond donors (Lipinski definition) is 1. The normalized spacial score (nSPS) is 46.8. The lowest BCUT2D eigenvalue weighted by atomic mass is 9.33. The van der Waals surface area contributed by atoms with Crippen LogP contribution in [0.15, 0.2) is 35.5 Å². The molecule has 240 valence electrons. The zero-order valence-corrected chi connectivity index (χ0v) is 28.8. The number of hydrogen-bond acceptors (Lipinski definition) is 3. The fourth-order valence-corrected chi connectivity index (χ4v) is 13.1. The molecule has 2 N–H and O–H groups in total. The predicted molar refractivity (Wildman–Crippen MR) is 178 cm³/mol. The molecule has 0 radical (unpaired) electrons. The topological polar surface area (TPSA) is 52.3 Å². The average Bonchev–Trinajstić information content (AvgIpc) is 3.31. The second kappa shape index (κ2) is 10.9. The summed E-state index contributed by atoms with van der Waals surface area (Å²) in [5.74, 6) is 3.47. The van der Waals surface area contributed by atoms with Crippen LogP contribution in [0.1, 0.15) is 138 Å². The summed E-state index contributed by atoms with van der Waals surface area (Å²) in [7, 11) is 0. The summed E-state index contributed by atoms with van der Waals surface area (Å²) >= 11 is 0. The lowest BCUT2D eigenvalue weighted by Crippen LogP contribution is -2.67. The molecule has 0 aliphatic heterocycles. The van der Waals surface area contributed by atoms with Crippen molar-refractivity contribution in [3.63, 3.8) is 0 Å². The third kappa shape index (κ3) is 4.62. The number of carbonyl (C=O) groups is 1. The number of rotatable bonds is 6. The summed E-state index contributed by atoms with van der Waals surface area (Å²) in [6.07, 6.45) is 21.4. The lowest BCUT2D eigenvalue weighted by molar-refractivity contribution is -0.219. The summed E-state index contributed by atoms with van der Waals surface area (Å²) in [5, 5.41) is 0. The SMILES string of the molecule is C=C(C)[C@@H]1CC[C@]2(N)CC[C@]3(C)[C@H](CC[C@@H]4[C@@]5(C)CC=C(C6=CC[C@H](C(=O)OCCCC)CC6)C(C)(C)[C@@H]5CC[C@]43C)[C@@H]12. The van der Waals surface area contributed by atoms with Gasteiger partial charge >= 0.3 is 5.97 Å². The fourth-order valence-electron chi connectivity index (χ4n) is 13.1. The molecular weight excluding hydrogens is 526 g/mol. The van der Waals surface area contributed by atoms with E-state index in [4.69, 9.17) is 10.5 Å². The Hall–Kier alpha value is -1.35. The molecular formula is C40H63NO2. The van der Waals surface area contributed by atoms with Crippen molar-refractivity contribution in [3.8, 4) is 0 Å². The lowest BCUT2D eigenvalue weighted by Gasteiger charge is -2.72. The largest absolute Gasteiger partial charge is 0.465 e. The van der Waals surface area contributed by atoms with E-state index in [1.165, 1.54) is 68.9 Å². The summed E-state index contributed by atoms with van der Waals surface area (Å²) in [4.78, 5) is 12.7. The van der Waals surface area contributed by atoms with Crippen LogP contribution in [-0.2, 0) is 9.53 Å². The van der Waals surface area contributed by atoms with Gasteiger partial charge in [-0.05, 0) is 153 Å². The Morgan fingerprint density at radius 1 is 0.953 bits per heavy atom. The van der Waals surface area contributed by atoms with Crippen LogP contribution >= 0.6 is 0 Å².